The predicted molar refractivity (Wildman–Crippen MR) is 32.4 cm³/mol. The van der Waals surface area contributed by atoms with Crippen molar-refractivity contribution >= 4 is 0 Å². The van der Waals surface area contributed by atoms with E-state index >= 15 is 0 Å². The van der Waals surface area contributed by atoms with Crippen LogP contribution in [0.4, 0.5) is 0 Å². The zero-order valence-corrected chi connectivity index (χ0v) is 10.6. The molecule has 0 aromatic carbocycles. The first-order valence-electron chi connectivity index (χ1n) is 2.73. The molecule has 3 heteroatoms. The quantitative estimate of drug-likeness (QED) is 0.620. The fourth-order valence-electron chi connectivity index (χ4n) is 0.630. The van der Waals surface area contributed by atoms with Gasteiger partial charge in [-0.3, -0.25) is 0 Å². The standard InChI is InChI=1S/C7H9O.BrH.Zn/c1-2-4-7-5-3-6-8-7;;/h2-3,5-6H,4H2,1H3;1H;/p-1. The SMILES string of the molecule is C[CH]Cc1ccco1.[Br-].[Zn]. The van der Waals surface area contributed by atoms with E-state index in [-0.39, 0.29) is 36.5 Å². The normalized spacial score (nSPS) is 7.70. The number of halogens is 1. The molecule has 10 heavy (non-hydrogen) atoms. The topological polar surface area (TPSA) is 13.1 Å². The van der Waals surface area contributed by atoms with Gasteiger partial charge in [-0.25, -0.2) is 0 Å². The summed E-state index contributed by atoms with van der Waals surface area (Å²) in [6, 6.07) is 3.87. The molecule has 0 spiro atoms. The number of hydrogen-bond acceptors (Lipinski definition) is 1. The number of hydrogen-bond donors (Lipinski definition) is 0. The van der Waals surface area contributed by atoms with Gasteiger partial charge in [0.15, 0.2) is 0 Å². The van der Waals surface area contributed by atoms with Crippen LogP contribution in [-0.4, -0.2) is 0 Å². The van der Waals surface area contributed by atoms with Crippen molar-refractivity contribution < 1.29 is 40.9 Å². The third-order valence-corrected chi connectivity index (χ3v) is 0.985. The molecule has 0 aliphatic heterocycles. The molecule has 1 rings (SSSR count). The molecule has 0 N–H and O–H groups in total. The van der Waals surface area contributed by atoms with Crippen molar-refractivity contribution in [3.8, 4) is 0 Å². The number of furan rings is 1. The molecule has 0 fully saturated rings. The minimum Gasteiger partial charge on any atom is -1.00 e. The van der Waals surface area contributed by atoms with Crippen LogP contribution in [0, 0.1) is 6.42 Å². The van der Waals surface area contributed by atoms with Crippen LogP contribution in [0.2, 0.25) is 0 Å². The third-order valence-electron chi connectivity index (χ3n) is 0.985. The Morgan fingerprint density at radius 1 is 1.60 bits per heavy atom. The Labute approximate surface area is 84.7 Å². The second-order valence-corrected chi connectivity index (χ2v) is 1.69. The Kier molecular flexibility index (Phi) is 9.74. The maximum Gasteiger partial charge on any atom is 0.104 e. The van der Waals surface area contributed by atoms with Crippen molar-refractivity contribution in [3.05, 3.63) is 30.6 Å². The summed E-state index contributed by atoms with van der Waals surface area (Å²) in [4.78, 5) is 0. The second-order valence-electron chi connectivity index (χ2n) is 1.69. The van der Waals surface area contributed by atoms with E-state index in [9.17, 15) is 0 Å². The van der Waals surface area contributed by atoms with E-state index in [0.29, 0.717) is 0 Å². The van der Waals surface area contributed by atoms with Gasteiger partial charge in [0.1, 0.15) is 5.76 Å². The van der Waals surface area contributed by atoms with Crippen molar-refractivity contribution in [1.29, 1.82) is 0 Å². The third kappa shape index (κ3) is 4.24. The summed E-state index contributed by atoms with van der Waals surface area (Å²) < 4.78 is 5.04. The van der Waals surface area contributed by atoms with Gasteiger partial charge < -0.3 is 21.4 Å². The fourth-order valence-corrected chi connectivity index (χ4v) is 0.630. The van der Waals surface area contributed by atoms with Gasteiger partial charge in [0.2, 0.25) is 0 Å². The van der Waals surface area contributed by atoms with Crippen LogP contribution in [-0.2, 0) is 25.9 Å². The Hall–Kier alpha value is 0.383. The maximum absolute atomic E-state index is 5.04. The molecule has 0 atom stereocenters. The average molecular weight is 254 g/mol. The van der Waals surface area contributed by atoms with E-state index in [2.05, 4.69) is 6.42 Å². The van der Waals surface area contributed by atoms with Gasteiger partial charge in [-0.05, 0) is 18.6 Å². The van der Waals surface area contributed by atoms with E-state index in [1.54, 1.807) is 6.26 Å². The molecule has 0 saturated carbocycles. The molecular formula is C7H9BrOZn-. The first-order valence-corrected chi connectivity index (χ1v) is 2.73. The molecule has 0 unspecified atom stereocenters. The maximum atomic E-state index is 5.04. The summed E-state index contributed by atoms with van der Waals surface area (Å²) in [7, 11) is 0. The van der Waals surface area contributed by atoms with E-state index in [1.807, 2.05) is 19.1 Å². The fraction of sp³-hybridized carbons (Fsp3) is 0.286. The molecule has 1 heterocycles. The van der Waals surface area contributed by atoms with Crippen LogP contribution in [0.5, 0.6) is 0 Å². The first-order chi connectivity index (χ1) is 3.93. The van der Waals surface area contributed by atoms with Gasteiger partial charge in [0.05, 0.1) is 6.26 Å². The molecule has 1 aromatic heterocycles. The Morgan fingerprint density at radius 3 is 2.70 bits per heavy atom. The molecule has 1 radical (unpaired) electrons. The van der Waals surface area contributed by atoms with E-state index < -0.39 is 0 Å². The second kappa shape index (κ2) is 7.49. The van der Waals surface area contributed by atoms with Crippen LogP contribution in [0.3, 0.4) is 0 Å². The zero-order chi connectivity index (χ0) is 5.82. The Bertz CT molecular complexity index is 139. The Balaban J connectivity index is 0. The van der Waals surface area contributed by atoms with Crippen LogP contribution >= 0.6 is 0 Å². The van der Waals surface area contributed by atoms with Crippen molar-refractivity contribution in [1.82, 2.24) is 0 Å². The zero-order valence-electron chi connectivity index (χ0n) is 6.01. The first kappa shape index (κ1) is 13.0. The van der Waals surface area contributed by atoms with E-state index in [1.165, 1.54) is 0 Å². The van der Waals surface area contributed by atoms with Gasteiger partial charge in [-0.15, -0.1) is 0 Å². The summed E-state index contributed by atoms with van der Waals surface area (Å²) in [5, 5.41) is 0. The smallest absolute Gasteiger partial charge is 0.104 e. The number of rotatable bonds is 2. The van der Waals surface area contributed by atoms with Crippen molar-refractivity contribution in [2.75, 3.05) is 0 Å². The van der Waals surface area contributed by atoms with Crippen LogP contribution in [0.25, 0.3) is 0 Å². The monoisotopic (exact) mass is 252 g/mol. The molecule has 0 saturated heterocycles. The molecule has 0 amide bonds. The summed E-state index contributed by atoms with van der Waals surface area (Å²) in [5.41, 5.74) is 0. The van der Waals surface area contributed by atoms with Crippen LogP contribution in [0.15, 0.2) is 22.8 Å². The summed E-state index contributed by atoms with van der Waals surface area (Å²) in [6.07, 6.45) is 4.70. The molecular weight excluding hydrogens is 245 g/mol. The van der Waals surface area contributed by atoms with Gasteiger partial charge in [0, 0.05) is 25.9 Å². The molecule has 0 aliphatic rings. The molecule has 1 aromatic rings. The molecule has 53 valence electrons. The van der Waals surface area contributed by atoms with Gasteiger partial charge in [-0.1, -0.05) is 6.92 Å². The van der Waals surface area contributed by atoms with Crippen LogP contribution < -0.4 is 17.0 Å². The molecule has 0 bridgehead atoms. The summed E-state index contributed by atoms with van der Waals surface area (Å²) in [5.74, 6) is 1.03. The minimum absolute atomic E-state index is 0. The predicted octanol–water partition coefficient (Wildman–Crippen LogP) is -0.952. The largest absolute Gasteiger partial charge is 1.00 e. The van der Waals surface area contributed by atoms with Gasteiger partial charge >= 0.3 is 0 Å². The van der Waals surface area contributed by atoms with Gasteiger partial charge in [-0.2, -0.15) is 0 Å². The van der Waals surface area contributed by atoms with Crippen molar-refractivity contribution in [2.24, 2.45) is 0 Å². The van der Waals surface area contributed by atoms with Crippen molar-refractivity contribution in [2.45, 2.75) is 13.3 Å². The summed E-state index contributed by atoms with van der Waals surface area (Å²) in [6.45, 7) is 2.02. The van der Waals surface area contributed by atoms with Gasteiger partial charge in [0.25, 0.3) is 0 Å². The van der Waals surface area contributed by atoms with E-state index in [0.717, 1.165) is 12.2 Å². The van der Waals surface area contributed by atoms with E-state index in [4.69, 9.17) is 4.42 Å². The molecule has 0 aliphatic carbocycles. The Morgan fingerprint density at radius 2 is 2.30 bits per heavy atom. The summed E-state index contributed by atoms with van der Waals surface area (Å²) >= 11 is 0. The van der Waals surface area contributed by atoms with Crippen LogP contribution in [0.1, 0.15) is 12.7 Å². The average Bonchev–Trinajstić information content (AvgIpc) is 2.19. The molecule has 1 nitrogen and oxygen atoms in total. The van der Waals surface area contributed by atoms with Crippen molar-refractivity contribution in [3.63, 3.8) is 0 Å². The minimum atomic E-state index is 0.